The van der Waals surface area contributed by atoms with Gasteiger partial charge in [0.1, 0.15) is 0 Å². The summed E-state index contributed by atoms with van der Waals surface area (Å²) < 4.78 is 5.26. The molecular formula is C12H25O2. The predicted octanol–water partition coefficient (Wildman–Crippen LogP) is 3.57. The highest BCUT2D eigenvalue weighted by Crippen LogP contribution is 2.08. The molecule has 0 bridgehead atoms. The quantitative estimate of drug-likeness (QED) is 0.470. The number of ether oxygens (including phenoxy) is 1. The van der Waals surface area contributed by atoms with Crippen molar-refractivity contribution in [2.24, 2.45) is 0 Å². The van der Waals surface area contributed by atoms with Crippen LogP contribution in [0.4, 0.5) is 0 Å². The average molecular weight is 201 g/mol. The molecule has 1 radical (unpaired) electrons. The third-order valence-corrected chi connectivity index (χ3v) is 2.39. The van der Waals surface area contributed by atoms with Gasteiger partial charge in [0.2, 0.25) is 0 Å². The van der Waals surface area contributed by atoms with Gasteiger partial charge in [-0.05, 0) is 19.8 Å². The molecule has 0 aliphatic carbocycles. The van der Waals surface area contributed by atoms with E-state index in [1.54, 1.807) is 0 Å². The van der Waals surface area contributed by atoms with Crippen molar-refractivity contribution in [1.29, 1.82) is 0 Å². The molecule has 0 unspecified atom stereocenters. The van der Waals surface area contributed by atoms with E-state index in [0.717, 1.165) is 26.1 Å². The maximum absolute atomic E-state index is 10.2. The van der Waals surface area contributed by atoms with Crippen LogP contribution >= 0.6 is 0 Å². The molecule has 0 aliphatic heterocycles. The Hall–Kier alpha value is -0.0800. The molecule has 0 amide bonds. The molecule has 0 spiro atoms. The van der Waals surface area contributed by atoms with Crippen molar-refractivity contribution in [3.8, 4) is 0 Å². The minimum atomic E-state index is 0.106. The van der Waals surface area contributed by atoms with E-state index >= 15 is 0 Å². The average Bonchev–Trinajstić information content (AvgIpc) is 2.21. The molecule has 85 valence electrons. The van der Waals surface area contributed by atoms with Gasteiger partial charge in [0.05, 0.1) is 6.61 Å². The molecule has 0 saturated heterocycles. The highest BCUT2D eigenvalue weighted by molar-refractivity contribution is 4.46. The molecule has 0 rings (SSSR count). The van der Waals surface area contributed by atoms with Crippen molar-refractivity contribution in [3.05, 3.63) is 0 Å². The zero-order valence-corrected chi connectivity index (χ0v) is 9.59. The van der Waals surface area contributed by atoms with Gasteiger partial charge in [-0.1, -0.05) is 38.5 Å². The molecule has 0 saturated carbocycles. The molecule has 0 aromatic rings. The van der Waals surface area contributed by atoms with Crippen LogP contribution in [0.5, 0.6) is 0 Å². The fourth-order valence-electron chi connectivity index (χ4n) is 1.51. The van der Waals surface area contributed by atoms with Gasteiger partial charge in [0.15, 0.2) is 0 Å². The fourth-order valence-corrected chi connectivity index (χ4v) is 1.51. The van der Waals surface area contributed by atoms with Gasteiger partial charge < -0.3 is 4.74 Å². The van der Waals surface area contributed by atoms with Crippen molar-refractivity contribution >= 4 is 0 Å². The van der Waals surface area contributed by atoms with Crippen molar-refractivity contribution in [1.82, 2.24) is 0 Å². The van der Waals surface area contributed by atoms with Crippen LogP contribution < -0.4 is 0 Å². The number of rotatable bonds is 11. The first-order valence-electron chi connectivity index (χ1n) is 6.07. The predicted molar refractivity (Wildman–Crippen MR) is 59.0 cm³/mol. The summed E-state index contributed by atoms with van der Waals surface area (Å²) in [5, 5.41) is 10.2. The summed E-state index contributed by atoms with van der Waals surface area (Å²) in [4.78, 5) is 0. The molecule has 0 atom stereocenters. The molecule has 0 aromatic heterocycles. The molecule has 2 nitrogen and oxygen atoms in total. The van der Waals surface area contributed by atoms with Crippen LogP contribution in [-0.4, -0.2) is 19.8 Å². The number of hydrogen-bond acceptors (Lipinski definition) is 1. The summed E-state index contributed by atoms with van der Waals surface area (Å²) in [6.07, 6.45) is 9.68. The summed E-state index contributed by atoms with van der Waals surface area (Å²) >= 11 is 0. The lowest BCUT2D eigenvalue weighted by Gasteiger charge is -2.01. The van der Waals surface area contributed by atoms with Gasteiger partial charge in [-0.15, -0.1) is 0 Å². The van der Waals surface area contributed by atoms with Gasteiger partial charge in [0.25, 0.3) is 0 Å². The van der Waals surface area contributed by atoms with Crippen LogP contribution in [0.2, 0.25) is 0 Å². The monoisotopic (exact) mass is 201 g/mol. The zero-order valence-electron chi connectivity index (χ0n) is 9.59. The summed E-state index contributed by atoms with van der Waals surface area (Å²) in [5.41, 5.74) is 0. The van der Waals surface area contributed by atoms with Gasteiger partial charge in [-0.25, -0.2) is 5.11 Å². The molecule has 0 heterocycles. The van der Waals surface area contributed by atoms with Gasteiger partial charge in [-0.3, -0.25) is 0 Å². The molecule has 0 N–H and O–H groups in total. The summed E-state index contributed by atoms with van der Waals surface area (Å²) in [6.45, 7) is 3.91. The lowest BCUT2D eigenvalue weighted by molar-refractivity contribution is 0.143. The van der Waals surface area contributed by atoms with Crippen LogP contribution in [0, 0.1) is 0 Å². The third-order valence-electron chi connectivity index (χ3n) is 2.39. The van der Waals surface area contributed by atoms with Crippen LogP contribution in [0.3, 0.4) is 0 Å². The zero-order chi connectivity index (χ0) is 10.5. The van der Waals surface area contributed by atoms with Crippen LogP contribution in [-0.2, 0) is 9.84 Å². The van der Waals surface area contributed by atoms with E-state index in [4.69, 9.17) is 4.74 Å². The van der Waals surface area contributed by atoms with Gasteiger partial charge >= 0.3 is 0 Å². The van der Waals surface area contributed by atoms with E-state index in [2.05, 4.69) is 0 Å². The van der Waals surface area contributed by atoms with E-state index in [1.807, 2.05) is 6.92 Å². The summed E-state index contributed by atoms with van der Waals surface area (Å²) in [6, 6.07) is 0. The third kappa shape index (κ3) is 11.9. The Morgan fingerprint density at radius 1 is 0.786 bits per heavy atom. The van der Waals surface area contributed by atoms with E-state index in [9.17, 15) is 5.11 Å². The minimum absolute atomic E-state index is 0.106. The highest BCUT2D eigenvalue weighted by atomic mass is 16.5. The summed E-state index contributed by atoms with van der Waals surface area (Å²) in [5.74, 6) is 0. The highest BCUT2D eigenvalue weighted by Gasteiger charge is 1.92. The second-order valence-corrected chi connectivity index (χ2v) is 3.73. The van der Waals surface area contributed by atoms with E-state index in [-0.39, 0.29) is 6.61 Å². The van der Waals surface area contributed by atoms with Crippen LogP contribution in [0.15, 0.2) is 0 Å². The Bertz CT molecular complexity index is 82.3. The molecule has 2 heteroatoms. The van der Waals surface area contributed by atoms with Crippen molar-refractivity contribution in [2.45, 2.75) is 58.3 Å². The van der Waals surface area contributed by atoms with Crippen LogP contribution in [0.1, 0.15) is 58.3 Å². The SMILES string of the molecule is CCOCCCCCCCCCC[O]. The Kier molecular flexibility index (Phi) is 12.8. The van der Waals surface area contributed by atoms with E-state index in [1.165, 1.54) is 38.5 Å². The molecule has 0 aliphatic rings. The standard InChI is InChI=1S/C12H25O2/c1-2-14-12-10-8-6-4-3-5-7-9-11-13/h2-12H2,1H3. The number of unbranched alkanes of at least 4 members (excludes halogenated alkanes) is 7. The first-order valence-corrected chi connectivity index (χ1v) is 6.07. The Labute approximate surface area is 88.7 Å². The first kappa shape index (κ1) is 13.9. The Morgan fingerprint density at radius 3 is 1.79 bits per heavy atom. The second-order valence-electron chi connectivity index (χ2n) is 3.73. The van der Waals surface area contributed by atoms with E-state index in [0.29, 0.717) is 0 Å². The maximum atomic E-state index is 10.2. The molecule has 0 fully saturated rings. The lowest BCUT2D eigenvalue weighted by atomic mass is 10.1. The molecular weight excluding hydrogens is 176 g/mol. The normalized spacial score (nSPS) is 10.7. The van der Waals surface area contributed by atoms with Crippen molar-refractivity contribution in [3.63, 3.8) is 0 Å². The molecule has 0 aromatic carbocycles. The first-order chi connectivity index (χ1) is 6.91. The topological polar surface area (TPSA) is 29.1 Å². The van der Waals surface area contributed by atoms with Gasteiger partial charge in [0, 0.05) is 13.2 Å². The summed E-state index contributed by atoms with van der Waals surface area (Å²) in [7, 11) is 0. The maximum Gasteiger partial charge on any atom is 0.0822 e. The molecule has 14 heavy (non-hydrogen) atoms. The van der Waals surface area contributed by atoms with E-state index < -0.39 is 0 Å². The Balaban J connectivity index is 2.78. The largest absolute Gasteiger partial charge is 0.382 e. The lowest BCUT2D eigenvalue weighted by Crippen LogP contribution is -1.92. The smallest absolute Gasteiger partial charge is 0.0822 e. The number of hydrogen-bond donors (Lipinski definition) is 0. The van der Waals surface area contributed by atoms with Crippen molar-refractivity contribution < 1.29 is 9.84 Å². The van der Waals surface area contributed by atoms with Gasteiger partial charge in [-0.2, -0.15) is 0 Å². The van der Waals surface area contributed by atoms with Crippen molar-refractivity contribution in [2.75, 3.05) is 19.8 Å². The minimum Gasteiger partial charge on any atom is -0.382 e. The van der Waals surface area contributed by atoms with Crippen LogP contribution in [0.25, 0.3) is 0 Å². The Morgan fingerprint density at radius 2 is 1.29 bits per heavy atom. The second kappa shape index (κ2) is 12.9. The fraction of sp³-hybridized carbons (Fsp3) is 1.00.